The van der Waals surface area contributed by atoms with Crippen molar-refractivity contribution in [1.82, 2.24) is 4.98 Å². The number of nitrogens with zero attached hydrogens (tertiary/aromatic N) is 2. The van der Waals surface area contributed by atoms with Crippen LogP contribution >= 0.6 is 0 Å². The maximum absolute atomic E-state index is 12.2. The first-order valence-electron chi connectivity index (χ1n) is 7.41. The van der Waals surface area contributed by atoms with Gasteiger partial charge >= 0.3 is 0 Å². The quantitative estimate of drug-likeness (QED) is 0.912. The van der Waals surface area contributed by atoms with Crippen LogP contribution in [0.4, 0.5) is 11.4 Å². The number of nitrogens with one attached hydrogen (secondary N) is 1. The second-order valence-corrected chi connectivity index (χ2v) is 7.34. The fourth-order valence-electron chi connectivity index (χ4n) is 2.57. The summed E-state index contributed by atoms with van der Waals surface area (Å²) in [4.78, 5) is 16.1. The molecule has 1 N–H and O–H groups in total. The minimum atomic E-state index is -3.29. The van der Waals surface area contributed by atoms with Crippen LogP contribution in [-0.4, -0.2) is 38.7 Å². The van der Waals surface area contributed by atoms with Crippen molar-refractivity contribution in [3.05, 3.63) is 48.3 Å². The van der Waals surface area contributed by atoms with Crippen LogP contribution in [0.1, 0.15) is 16.8 Å². The zero-order valence-electron chi connectivity index (χ0n) is 13.1. The minimum absolute atomic E-state index is 0.135. The number of pyridine rings is 1. The van der Waals surface area contributed by atoms with E-state index in [9.17, 15) is 13.2 Å². The van der Waals surface area contributed by atoms with Gasteiger partial charge in [0.05, 0.1) is 24.1 Å². The van der Waals surface area contributed by atoms with E-state index in [1.807, 2.05) is 0 Å². The second-order valence-electron chi connectivity index (χ2n) is 5.32. The Balaban J connectivity index is 1.86. The third-order valence-corrected chi connectivity index (χ3v) is 5.58. The molecule has 0 saturated carbocycles. The average molecular weight is 347 g/mol. The van der Waals surface area contributed by atoms with E-state index in [0.29, 0.717) is 35.7 Å². The normalized spacial score (nSPS) is 16.0. The van der Waals surface area contributed by atoms with E-state index in [2.05, 4.69) is 10.3 Å². The number of rotatable bonds is 4. The first kappa shape index (κ1) is 16.3. The molecule has 8 heteroatoms. The molecule has 1 saturated heterocycles. The lowest BCUT2D eigenvalue weighted by Crippen LogP contribution is -2.25. The van der Waals surface area contributed by atoms with Gasteiger partial charge in [-0.15, -0.1) is 0 Å². The Morgan fingerprint density at radius 1 is 1.33 bits per heavy atom. The lowest BCUT2D eigenvalue weighted by atomic mass is 10.2. The number of methoxy groups -OCH3 is 1. The van der Waals surface area contributed by atoms with Gasteiger partial charge in [-0.25, -0.2) is 8.42 Å². The molecule has 1 amide bonds. The number of anilines is 2. The molecular weight excluding hydrogens is 330 g/mol. The zero-order valence-corrected chi connectivity index (χ0v) is 13.9. The van der Waals surface area contributed by atoms with Gasteiger partial charge in [0.1, 0.15) is 5.75 Å². The molecule has 0 radical (unpaired) electrons. The van der Waals surface area contributed by atoms with Gasteiger partial charge in [-0.1, -0.05) is 0 Å². The summed E-state index contributed by atoms with van der Waals surface area (Å²) in [7, 11) is -1.83. The van der Waals surface area contributed by atoms with Crippen molar-refractivity contribution in [3.8, 4) is 5.75 Å². The molecule has 24 heavy (non-hydrogen) atoms. The molecule has 7 nitrogen and oxygen atoms in total. The highest BCUT2D eigenvalue weighted by atomic mass is 32.2. The fourth-order valence-corrected chi connectivity index (χ4v) is 4.14. The van der Waals surface area contributed by atoms with E-state index in [1.54, 1.807) is 36.5 Å². The predicted octanol–water partition coefficient (Wildman–Crippen LogP) is 1.88. The Morgan fingerprint density at radius 3 is 2.79 bits per heavy atom. The van der Waals surface area contributed by atoms with Gasteiger partial charge in [-0.3, -0.25) is 14.1 Å². The standard InChI is InChI=1S/C16H17N3O4S/c1-23-15-10-13(18-16(20)12-4-2-7-17-11-12)5-6-14(15)19-8-3-9-24(19,21)22/h2,4-7,10-11H,3,8-9H2,1H3,(H,18,20). The summed E-state index contributed by atoms with van der Waals surface area (Å²) in [6, 6.07) is 8.24. The summed E-state index contributed by atoms with van der Waals surface area (Å²) in [5.41, 5.74) is 1.43. The number of amides is 1. The smallest absolute Gasteiger partial charge is 0.257 e. The fraction of sp³-hybridized carbons (Fsp3) is 0.250. The van der Waals surface area contributed by atoms with Crippen LogP contribution in [0.15, 0.2) is 42.7 Å². The SMILES string of the molecule is COc1cc(NC(=O)c2cccnc2)ccc1N1CCCS1(=O)=O. The second kappa shape index (κ2) is 6.48. The van der Waals surface area contributed by atoms with Crippen molar-refractivity contribution in [2.45, 2.75) is 6.42 Å². The molecule has 1 aromatic carbocycles. The van der Waals surface area contributed by atoms with Gasteiger partial charge in [-0.05, 0) is 30.7 Å². The van der Waals surface area contributed by atoms with Crippen LogP contribution < -0.4 is 14.4 Å². The molecular formula is C16H17N3O4S. The molecule has 0 bridgehead atoms. The molecule has 2 aromatic rings. The summed E-state index contributed by atoms with van der Waals surface area (Å²) in [5, 5.41) is 2.74. The highest BCUT2D eigenvalue weighted by Gasteiger charge is 2.30. The minimum Gasteiger partial charge on any atom is -0.494 e. The zero-order chi connectivity index (χ0) is 17.2. The maximum Gasteiger partial charge on any atom is 0.257 e. The maximum atomic E-state index is 12.2. The molecule has 2 heterocycles. The van der Waals surface area contributed by atoms with Crippen molar-refractivity contribution in [2.75, 3.05) is 29.0 Å². The molecule has 1 aromatic heterocycles. The number of carbonyl (C=O) groups is 1. The van der Waals surface area contributed by atoms with Crippen molar-refractivity contribution < 1.29 is 17.9 Å². The molecule has 1 aliphatic heterocycles. The van der Waals surface area contributed by atoms with E-state index in [-0.39, 0.29) is 11.7 Å². The highest BCUT2D eigenvalue weighted by molar-refractivity contribution is 7.93. The van der Waals surface area contributed by atoms with Crippen molar-refractivity contribution in [3.63, 3.8) is 0 Å². The van der Waals surface area contributed by atoms with E-state index in [4.69, 9.17) is 4.74 Å². The summed E-state index contributed by atoms with van der Waals surface area (Å²) >= 11 is 0. The number of sulfonamides is 1. The molecule has 0 aliphatic carbocycles. The Kier molecular flexibility index (Phi) is 4.39. The topological polar surface area (TPSA) is 88.6 Å². The molecule has 0 atom stereocenters. The van der Waals surface area contributed by atoms with Crippen LogP contribution in [0, 0.1) is 0 Å². The lowest BCUT2D eigenvalue weighted by Gasteiger charge is -2.20. The first-order chi connectivity index (χ1) is 11.5. The summed E-state index contributed by atoms with van der Waals surface area (Å²) < 4.78 is 30.8. The number of aromatic nitrogens is 1. The van der Waals surface area contributed by atoms with Gasteiger partial charge in [-0.2, -0.15) is 0 Å². The largest absolute Gasteiger partial charge is 0.494 e. The third kappa shape index (κ3) is 3.18. The Morgan fingerprint density at radius 2 is 2.17 bits per heavy atom. The van der Waals surface area contributed by atoms with Crippen LogP contribution in [0.25, 0.3) is 0 Å². The van der Waals surface area contributed by atoms with E-state index in [0.717, 1.165) is 0 Å². The van der Waals surface area contributed by atoms with Crippen molar-refractivity contribution >= 4 is 27.3 Å². The molecule has 3 rings (SSSR count). The van der Waals surface area contributed by atoms with E-state index >= 15 is 0 Å². The predicted molar refractivity (Wildman–Crippen MR) is 90.9 cm³/mol. The number of hydrogen-bond acceptors (Lipinski definition) is 5. The van der Waals surface area contributed by atoms with Crippen LogP contribution in [0.3, 0.4) is 0 Å². The van der Waals surface area contributed by atoms with Gasteiger partial charge in [0, 0.05) is 30.7 Å². The van der Waals surface area contributed by atoms with Crippen molar-refractivity contribution in [1.29, 1.82) is 0 Å². The third-order valence-electron chi connectivity index (χ3n) is 3.73. The summed E-state index contributed by atoms with van der Waals surface area (Å²) in [6.45, 7) is 0.431. The van der Waals surface area contributed by atoms with Gasteiger partial charge in [0.2, 0.25) is 10.0 Å². The van der Waals surface area contributed by atoms with E-state index in [1.165, 1.54) is 17.6 Å². The molecule has 1 fully saturated rings. The van der Waals surface area contributed by atoms with Gasteiger partial charge in [0.25, 0.3) is 5.91 Å². The Hall–Kier alpha value is -2.61. The van der Waals surface area contributed by atoms with Crippen molar-refractivity contribution in [2.24, 2.45) is 0 Å². The first-order valence-corrected chi connectivity index (χ1v) is 9.02. The Bertz CT molecular complexity index is 853. The number of benzene rings is 1. The van der Waals surface area contributed by atoms with Gasteiger partial charge in [0.15, 0.2) is 0 Å². The van der Waals surface area contributed by atoms with Crippen LogP contribution in [0.2, 0.25) is 0 Å². The monoisotopic (exact) mass is 347 g/mol. The summed E-state index contributed by atoms with van der Waals surface area (Å²) in [5.74, 6) is 0.228. The number of hydrogen-bond donors (Lipinski definition) is 1. The lowest BCUT2D eigenvalue weighted by molar-refractivity contribution is 0.102. The van der Waals surface area contributed by atoms with E-state index < -0.39 is 10.0 Å². The average Bonchev–Trinajstić information content (AvgIpc) is 2.94. The molecule has 1 aliphatic rings. The molecule has 0 unspecified atom stereocenters. The summed E-state index contributed by atoms with van der Waals surface area (Å²) in [6.07, 6.45) is 3.65. The number of carbonyl (C=O) groups excluding carboxylic acids is 1. The van der Waals surface area contributed by atoms with Crippen LogP contribution in [-0.2, 0) is 10.0 Å². The Labute approximate surface area is 140 Å². The molecule has 126 valence electrons. The van der Waals surface area contributed by atoms with Crippen LogP contribution in [0.5, 0.6) is 5.75 Å². The molecule has 0 spiro atoms. The van der Waals surface area contributed by atoms with Gasteiger partial charge < -0.3 is 10.1 Å². The highest BCUT2D eigenvalue weighted by Crippen LogP contribution is 2.35. The number of ether oxygens (including phenoxy) is 1.